The van der Waals surface area contributed by atoms with Crippen LogP contribution in [0, 0.1) is 6.92 Å². The molecule has 0 radical (unpaired) electrons. The van der Waals surface area contributed by atoms with Gasteiger partial charge in [-0.05, 0) is 73.5 Å². The van der Waals surface area contributed by atoms with Gasteiger partial charge in [-0.2, -0.15) is 0 Å². The molecule has 5 aromatic rings. The Morgan fingerprint density at radius 3 is 2.68 bits per heavy atom. The fraction of sp³-hybridized carbons (Fsp3) is 0.167. The lowest BCUT2D eigenvalue weighted by Gasteiger charge is -2.04. The van der Waals surface area contributed by atoms with Gasteiger partial charge < -0.3 is 18.7 Å². The lowest BCUT2D eigenvalue weighted by molar-refractivity contribution is 0.0499. The largest absolute Gasteiger partial charge is 0.507 e. The van der Waals surface area contributed by atoms with E-state index in [0.29, 0.717) is 46.4 Å². The summed E-state index contributed by atoms with van der Waals surface area (Å²) in [6, 6.07) is 21.5. The summed E-state index contributed by atoms with van der Waals surface area (Å²) < 4.78 is 17.0. The number of furan rings is 1. The molecule has 7 nitrogen and oxygen atoms in total. The summed E-state index contributed by atoms with van der Waals surface area (Å²) in [5, 5.41) is 10.4. The van der Waals surface area contributed by atoms with E-state index < -0.39 is 0 Å². The van der Waals surface area contributed by atoms with Gasteiger partial charge in [0.25, 0.3) is 0 Å². The van der Waals surface area contributed by atoms with Crippen LogP contribution in [0.25, 0.3) is 33.9 Å². The Morgan fingerprint density at radius 2 is 1.86 bits per heavy atom. The SMILES string of the molecule is CCCCOC(=O)c1ccc(-c2ccc(C=Nc3ccc(O)c(-c4nc5cc(C)ccc5o4)c3)o2)cc1. The zero-order valence-corrected chi connectivity index (χ0v) is 20.6. The smallest absolute Gasteiger partial charge is 0.338 e. The van der Waals surface area contributed by atoms with Gasteiger partial charge in [-0.25, -0.2) is 9.78 Å². The second-order valence-corrected chi connectivity index (χ2v) is 8.72. The molecule has 0 bridgehead atoms. The minimum Gasteiger partial charge on any atom is -0.507 e. The third kappa shape index (κ3) is 5.46. The minimum absolute atomic E-state index is 0.0557. The molecular formula is C30H26N2O5. The topological polar surface area (TPSA) is 98.1 Å². The van der Waals surface area contributed by atoms with E-state index in [4.69, 9.17) is 13.6 Å². The van der Waals surface area contributed by atoms with Crippen LogP contribution >= 0.6 is 0 Å². The number of oxazole rings is 1. The van der Waals surface area contributed by atoms with Crippen molar-refractivity contribution < 1.29 is 23.5 Å². The molecule has 0 aliphatic rings. The van der Waals surface area contributed by atoms with Gasteiger partial charge >= 0.3 is 5.97 Å². The highest BCUT2D eigenvalue weighted by Crippen LogP contribution is 2.34. The molecule has 37 heavy (non-hydrogen) atoms. The number of ether oxygens (including phenoxy) is 1. The molecule has 186 valence electrons. The number of phenolic OH excluding ortho intramolecular Hbond substituents is 1. The average Bonchev–Trinajstić information content (AvgIpc) is 3.55. The molecule has 2 aromatic heterocycles. The number of hydrogen-bond acceptors (Lipinski definition) is 7. The highest BCUT2D eigenvalue weighted by Gasteiger charge is 2.14. The molecule has 0 saturated heterocycles. The maximum atomic E-state index is 12.1. The molecule has 2 heterocycles. The standard InChI is InChI=1S/C30H26N2O5/c1-3-4-15-35-30(34)21-8-6-20(7-9-21)27-14-11-23(36-27)18-31-22-10-12-26(33)24(17-22)29-32-25-16-19(2)5-13-28(25)37-29/h5-14,16-18,33H,3-4,15H2,1-2H3. The van der Waals surface area contributed by atoms with Crippen molar-refractivity contribution in [3.63, 3.8) is 0 Å². The summed E-state index contributed by atoms with van der Waals surface area (Å²) in [7, 11) is 0. The van der Waals surface area contributed by atoms with Crippen LogP contribution in [0.5, 0.6) is 5.75 Å². The maximum Gasteiger partial charge on any atom is 0.338 e. The third-order valence-corrected chi connectivity index (χ3v) is 5.86. The fourth-order valence-electron chi connectivity index (χ4n) is 3.81. The van der Waals surface area contributed by atoms with Crippen LogP contribution < -0.4 is 0 Å². The van der Waals surface area contributed by atoms with E-state index >= 15 is 0 Å². The molecule has 0 unspecified atom stereocenters. The number of rotatable bonds is 8. The Morgan fingerprint density at radius 1 is 1.03 bits per heavy atom. The monoisotopic (exact) mass is 494 g/mol. The number of aromatic nitrogens is 1. The lowest BCUT2D eigenvalue weighted by Crippen LogP contribution is -2.05. The number of phenols is 1. The number of carbonyl (C=O) groups excluding carboxylic acids is 1. The average molecular weight is 495 g/mol. The molecule has 1 N–H and O–H groups in total. The fourth-order valence-corrected chi connectivity index (χ4v) is 3.81. The maximum absolute atomic E-state index is 12.1. The quantitative estimate of drug-likeness (QED) is 0.136. The Hall–Kier alpha value is -4.65. The first-order chi connectivity index (χ1) is 18.0. The van der Waals surface area contributed by atoms with E-state index in [1.54, 1.807) is 36.5 Å². The number of aliphatic imine (C=N–C) groups is 1. The van der Waals surface area contributed by atoms with Crippen molar-refractivity contribution in [3.8, 4) is 28.5 Å². The molecule has 3 aromatic carbocycles. The van der Waals surface area contributed by atoms with Gasteiger partial charge in [-0.1, -0.05) is 31.5 Å². The molecule has 0 aliphatic heterocycles. The minimum atomic E-state index is -0.325. The normalized spacial score (nSPS) is 11.4. The molecule has 0 atom stereocenters. The molecular weight excluding hydrogens is 468 g/mol. The zero-order valence-electron chi connectivity index (χ0n) is 20.6. The third-order valence-electron chi connectivity index (χ3n) is 5.86. The first-order valence-electron chi connectivity index (χ1n) is 12.1. The van der Waals surface area contributed by atoms with Crippen LogP contribution in [0.3, 0.4) is 0 Å². The number of hydrogen-bond donors (Lipinski definition) is 1. The van der Waals surface area contributed by atoms with Crippen LogP contribution in [0.15, 0.2) is 86.6 Å². The molecule has 0 fully saturated rings. The highest BCUT2D eigenvalue weighted by molar-refractivity contribution is 5.90. The van der Waals surface area contributed by atoms with Crippen LogP contribution in [-0.4, -0.2) is 28.9 Å². The van der Waals surface area contributed by atoms with E-state index in [1.165, 1.54) is 0 Å². The molecule has 7 heteroatoms. The predicted molar refractivity (Wildman–Crippen MR) is 142 cm³/mol. The summed E-state index contributed by atoms with van der Waals surface area (Å²) in [4.78, 5) is 21.1. The Labute approximate surface area is 214 Å². The van der Waals surface area contributed by atoms with Gasteiger partial charge in [-0.3, -0.25) is 4.99 Å². The number of nitrogens with zero attached hydrogens (tertiary/aromatic N) is 2. The van der Waals surface area contributed by atoms with Gasteiger partial charge in [0.05, 0.1) is 29.6 Å². The summed E-state index contributed by atoms with van der Waals surface area (Å²) in [6.07, 6.45) is 3.43. The number of fused-ring (bicyclic) bond motifs is 1. The number of aromatic hydroxyl groups is 1. The molecule has 0 amide bonds. The number of benzene rings is 3. The summed E-state index contributed by atoms with van der Waals surface area (Å²) in [6.45, 7) is 4.46. The predicted octanol–water partition coefficient (Wildman–Crippen LogP) is 7.48. The summed E-state index contributed by atoms with van der Waals surface area (Å²) in [5.41, 5.74) is 4.86. The van der Waals surface area contributed by atoms with Gasteiger partial charge in [-0.15, -0.1) is 0 Å². The number of unbranched alkanes of at least 4 members (excludes halogenated alkanes) is 1. The van der Waals surface area contributed by atoms with Crippen molar-refractivity contribution in [2.45, 2.75) is 26.7 Å². The van der Waals surface area contributed by atoms with Gasteiger partial charge in [0, 0.05) is 5.56 Å². The van der Waals surface area contributed by atoms with Crippen molar-refractivity contribution in [1.29, 1.82) is 0 Å². The van der Waals surface area contributed by atoms with Crippen molar-refractivity contribution in [2.75, 3.05) is 6.61 Å². The van der Waals surface area contributed by atoms with E-state index in [1.807, 2.05) is 56.3 Å². The molecule has 5 rings (SSSR count). The lowest BCUT2D eigenvalue weighted by atomic mass is 10.1. The van der Waals surface area contributed by atoms with Crippen LogP contribution in [0.4, 0.5) is 5.69 Å². The van der Waals surface area contributed by atoms with Gasteiger partial charge in [0.15, 0.2) is 5.58 Å². The van der Waals surface area contributed by atoms with Gasteiger partial charge in [0.1, 0.15) is 22.8 Å². The van der Waals surface area contributed by atoms with E-state index in [2.05, 4.69) is 9.98 Å². The first-order valence-corrected chi connectivity index (χ1v) is 12.1. The highest BCUT2D eigenvalue weighted by atomic mass is 16.5. The van der Waals surface area contributed by atoms with E-state index in [0.717, 1.165) is 29.5 Å². The van der Waals surface area contributed by atoms with E-state index in [9.17, 15) is 9.90 Å². The second kappa shape index (κ2) is 10.5. The number of esters is 1. The van der Waals surface area contributed by atoms with Crippen molar-refractivity contribution in [1.82, 2.24) is 4.98 Å². The number of aryl methyl sites for hydroxylation is 1. The molecule has 0 spiro atoms. The summed E-state index contributed by atoms with van der Waals surface area (Å²) >= 11 is 0. The van der Waals surface area contributed by atoms with Crippen molar-refractivity contribution >= 4 is 29.0 Å². The van der Waals surface area contributed by atoms with Crippen molar-refractivity contribution in [3.05, 3.63) is 89.7 Å². The van der Waals surface area contributed by atoms with E-state index in [-0.39, 0.29) is 11.7 Å². The summed E-state index contributed by atoms with van der Waals surface area (Å²) in [5.74, 6) is 1.27. The van der Waals surface area contributed by atoms with Crippen LogP contribution in [-0.2, 0) is 4.74 Å². The van der Waals surface area contributed by atoms with Crippen LogP contribution in [0.2, 0.25) is 0 Å². The Bertz CT molecular complexity index is 1580. The molecule has 0 aliphatic carbocycles. The first kappa shape index (κ1) is 24.1. The van der Waals surface area contributed by atoms with Crippen molar-refractivity contribution in [2.24, 2.45) is 4.99 Å². The Balaban J connectivity index is 1.30. The second-order valence-electron chi connectivity index (χ2n) is 8.72. The van der Waals surface area contributed by atoms with Crippen LogP contribution in [0.1, 0.15) is 41.4 Å². The van der Waals surface area contributed by atoms with Gasteiger partial charge in [0.2, 0.25) is 5.89 Å². The molecule has 0 saturated carbocycles. The zero-order chi connectivity index (χ0) is 25.8. The Kier molecular flexibility index (Phi) is 6.85. The number of carbonyl (C=O) groups is 1.